The SMILES string of the molecule is COc1ccc(N[C@H](C)C(=O)Nc2ccc(N3CCCCC3)cc2)c(OC)c1. The zero-order valence-corrected chi connectivity index (χ0v) is 16.8. The number of amides is 1. The Kier molecular flexibility index (Phi) is 6.63. The number of ether oxygens (including phenoxy) is 2. The summed E-state index contributed by atoms with van der Waals surface area (Å²) in [5.41, 5.74) is 2.75. The van der Waals surface area contributed by atoms with Crippen LogP contribution < -0.4 is 25.0 Å². The number of hydrogen-bond donors (Lipinski definition) is 2. The summed E-state index contributed by atoms with van der Waals surface area (Å²) >= 11 is 0. The second-order valence-corrected chi connectivity index (χ2v) is 7.02. The molecule has 0 unspecified atom stereocenters. The van der Waals surface area contributed by atoms with E-state index in [0.717, 1.165) is 24.5 Å². The lowest BCUT2D eigenvalue weighted by molar-refractivity contribution is -0.116. The number of rotatable bonds is 7. The van der Waals surface area contributed by atoms with E-state index in [1.807, 2.05) is 31.2 Å². The Bertz CT molecular complexity index is 786. The summed E-state index contributed by atoms with van der Waals surface area (Å²) in [6.45, 7) is 4.04. The summed E-state index contributed by atoms with van der Waals surface area (Å²) in [6, 6.07) is 13.1. The third-order valence-corrected chi connectivity index (χ3v) is 5.03. The van der Waals surface area contributed by atoms with Crippen LogP contribution in [0, 0.1) is 0 Å². The minimum absolute atomic E-state index is 0.108. The van der Waals surface area contributed by atoms with E-state index in [1.54, 1.807) is 20.3 Å². The van der Waals surface area contributed by atoms with Gasteiger partial charge in [0.25, 0.3) is 0 Å². The normalized spacial score (nSPS) is 14.9. The van der Waals surface area contributed by atoms with Crippen molar-refractivity contribution in [3.05, 3.63) is 42.5 Å². The molecule has 2 N–H and O–H groups in total. The smallest absolute Gasteiger partial charge is 0.246 e. The van der Waals surface area contributed by atoms with Crippen molar-refractivity contribution in [1.82, 2.24) is 0 Å². The van der Waals surface area contributed by atoms with Crippen molar-refractivity contribution in [3.8, 4) is 11.5 Å². The highest BCUT2D eigenvalue weighted by Gasteiger charge is 2.16. The van der Waals surface area contributed by atoms with Crippen molar-refractivity contribution in [2.75, 3.05) is 42.8 Å². The molecule has 2 aromatic carbocycles. The monoisotopic (exact) mass is 383 g/mol. The van der Waals surface area contributed by atoms with Gasteiger partial charge in [-0.1, -0.05) is 0 Å². The van der Waals surface area contributed by atoms with E-state index in [9.17, 15) is 4.79 Å². The highest BCUT2D eigenvalue weighted by Crippen LogP contribution is 2.29. The number of carbonyl (C=O) groups excluding carboxylic acids is 1. The van der Waals surface area contributed by atoms with Gasteiger partial charge in [0.15, 0.2) is 0 Å². The average molecular weight is 383 g/mol. The summed E-state index contributed by atoms with van der Waals surface area (Å²) in [4.78, 5) is 15.0. The molecule has 150 valence electrons. The minimum atomic E-state index is -0.427. The molecular weight excluding hydrogens is 354 g/mol. The van der Waals surface area contributed by atoms with Crippen molar-refractivity contribution in [1.29, 1.82) is 0 Å². The van der Waals surface area contributed by atoms with E-state index in [4.69, 9.17) is 9.47 Å². The summed E-state index contributed by atoms with van der Waals surface area (Å²) in [7, 11) is 3.20. The van der Waals surface area contributed by atoms with Gasteiger partial charge in [-0.3, -0.25) is 4.79 Å². The first-order valence-corrected chi connectivity index (χ1v) is 9.75. The van der Waals surface area contributed by atoms with Crippen LogP contribution in [0.3, 0.4) is 0 Å². The fourth-order valence-corrected chi connectivity index (χ4v) is 3.37. The van der Waals surface area contributed by atoms with Gasteiger partial charge < -0.3 is 25.0 Å². The topological polar surface area (TPSA) is 62.8 Å². The Hall–Kier alpha value is -2.89. The molecule has 0 radical (unpaired) electrons. The van der Waals surface area contributed by atoms with Crippen LogP contribution in [-0.4, -0.2) is 39.3 Å². The Morgan fingerprint density at radius 3 is 2.36 bits per heavy atom. The van der Waals surface area contributed by atoms with Crippen molar-refractivity contribution in [3.63, 3.8) is 0 Å². The van der Waals surface area contributed by atoms with E-state index in [-0.39, 0.29) is 5.91 Å². The fraction of sp³-hybridized carbons (Fsp3) is 0.409. The third-order valence-electron chi connectivity index (χ3n) is 5.03. The molecule has 1 heterocycles. The summed E-state index contributed by atoms with van der Waals surface area (Å²) in [6.07, 6.45) is 3.81. The van der Waals surface area contributed by atoms with E-state index in [0.29, 0.717) is 11.5 Å². The molecule has 0 aromatic heterocycles. The maximum atomic E-state index is 12.6. The largest absolute Gasteiger partial charge is 0.497 e. The number of benzene rings is 2. The molecule has 1 fully saturated rings. The summed E-state index contributed by atoms with van der Waals surface area (Å²) in [5, 5.41) is 6.16. The lowest BCUT2D eigenvalue weighted by Gasteiger charge is -2.28. The Morgan fingerprint density at radius 1 is 1.00 bits per heavy atom. The molecule has 2 aromatic rings. The van der Waals surface area contributed by atoms with E-state index in [1.165, 1.54) is 24.9 Å². The second-order valence-electron chi connectivity index (χ2n) is 7.02. The minimum Gasteiger partial charge on any atom is -0.497 e. The number of nitrogens with zero attached hydrogens (tertiary/aromatic N) is 1. The van der Waals surface area contributed by atoms with E-state index in [2.05, 4.69) is 27.7 Å². The quantitative estimate of drug-likeness (QED) is 0.753. The van der Waals surface area contributed by atoms with Gasteiger partial charge >= 0.3 is 0 Å². The van der Waals surface area contributed by atoms with E-state index >= 15 is 0 Å². The number of methoxy groups -OCH3 is 2. The summed E-state index contributed by atoms with van der Waals surface area (Å²) < 4.78 is 10.6. The van der Waals surface area contributed by atoms with Gasteiger partial charge in [0.1, 0.15) is 17.5 Å². The zero-order valence-electron chi connectivity index (χ0n) is 16.8. The van der Waals surface area contributed by atoms with Crippen LogP contribution in [0.25, 0.3) is 0 Å². The lowest BCUT2D eigenvalue weighted by Crippen LogP contribution is -2.32. The molecule has 1 saturated heterocycles. The Morgan fingerprint density at radius 2 is 1.71 bits per heavy atom. The van der Waals surface area contributed by atoms with Gasteiger partial charge in [0.2, 0.25) is 5.91 Å². The zero-order chi connectivity index (χ0) is 19.9. The number of nitrogens with one attached hydrogen (secondary N) is 2. The molecule has 1 aliphatic rings. The Balaban J connectivity index is 1.59. The highest BCUT2D eigenvalue weighted by atomic mass is 16.5. The number of carbonyl (C=O) groups is 1. The van der Waals surface area contributed by atoms with Crippen molar-refractivity contribution >= 4 is 23.0 Å². The molecule has 1 aliphatic heterocycles. The molecule has 6 heteroatoms. The molecule has 28 heavy (non-hydrogen) atoms. The number of piperidine rings is 1. The highest BCUT2D eigenvalue weighted by molar-refractivity contribution is 5.96. The van der Waals surface area contributed by atoms with Crippen LogP contribution in [0.2, 0.25) is 0 Å². The van der Waals surface area contributed by atoms with Gasteiger partial charge in [0, 0.05) is 30.5 Å². The molecule has 1 atom stereocenters. The van der Waals surface area contributed by atoms with Crippen LogP contribution in [0.4, 0.5) is 17.1 Å². The van der Waals surface area contributed by atoms with E-state index < -0.39 is 6.04 Å². The summed E-state index contributed by atoms with van der Waals surface area (Å²) in [5.74, 6) is 1.22. The molecule has 0 saturated carbocycles. The first kappa shape index (κ1) is 19.9. The molecule has 3 rings (SSSR count). The molecule has 0 aliphatic carbocycles. The molecule has 0 spiro atoms. The predicted molar refractivity (Wildman–Crippen MR) is 114 cm³/mol. The second kappa shape index (κ2) is 9.35. The standard InChI is InChI=1S/C22H29N3O3/c1-16(23-20-12-11-19(27-2)15-21(20)28-3)22(26)24-17-7-9-18(10-8-17)25-13-5-4-6-14-25/h7-12,15-16,23H,4-6,13-14H2,1-3H3,(H,24,26)/t16-/m1/s1. The van der Waals surface area contributed by atoms with Crippen LogP contribution in [0.15, 0.2) is 42.5 Å². The van der Waals surface area contributed by atoms with Gasteiger partial charge in [-0.05, 0) is 62.6 Å². The van der Waals surface area contributed by atoms with Crippen molar-refractivity contribution in [2.45, 2.75) is 32.2 Å². The number of anilines is 3. The van der Waals surface area contributed by atoms with Gasteiger partial charge in [-0.2, -0.15) is 0 Å². The van der Waals surface area contributed by atoms with Crippen LogP contribution in [0.1, 0.15) is 26.2 Å². The molecule has 6 nitrogen and oxygen atoms in total. The number of hydrogen-bond acceptors (Lipinski definition) is 5. The van der Waals surface area contributed by atoms with Gasteiger partial charge in [-0.25, -0.2) is 0 Å². The third kappa shape index (κ3) is 4.88. The molecular formula is C22H29N3O3. The first-order valence-electron chi connectivity index (χ1n) is 9.75. The predicted octanol–water partition coefficient (Wildman–Crippen LogP) is 4.13. The maximum Gasteiger partial charge on any atom is 0.246 e. The van der Waals surface area contributed by atoms with Crippen LogP contribution in [0.5, 0.6) is 11.5 Å². The van der Waals surface area contributed by atoms with Crippen LogP contribution in [-0.2, 0) is 4.79 Å². The maximum absolute atomic E-state index is 12.6. The first-order chi connectivity index (χ1) is 13.6. The fourth-order valence-electron chi connectivity index (χ4n) is 3.37. The van der Waals surface area contributed by atoms with Crippen LogP contribution >= 0.6 is 0 Å². The van der Waals surface area contributed by atoms with Gasteiger partial charge in [-0.15, -0.1) is 0 Å². The average Bonchev–Trinajstić information content (AvgIpc) is 2.75. The molecule has 1 amide bonds. The van der Waals surface area contributed by atoms with Gasteiger partial charge in [0.05, 0.1) is 19.9 Å². The van der Waals surface area contributed by atoms with Crippen molar-refractivity contribution in [2.24, 2.45) is 0 Å². The Labute approximate surface area is 166 Å². The molecule has 0 bridgehead atoms. The lowest BCUT2D eigenvalue weighted by atomic mass is 10.1. The van der Waals surface area contributed by atoms with Crippen molar-refractivity contribution < 1.29 is 14.3 Å².